The molecule has 3 N–H and O–H groups in total. The average Bonchev–Trinajstić information content (AvgIpc) is 2.33. The van der Waals surface area contributed by atoms with Crippen molar-refractivity contribution in [3.63, 3.8) is 0 Å². The lowest BCUT2D eigenvalue weighted by Gasteiger charge is -2.12. The van der Waals surface area contributed by atoms with Crippen molar-refractivity contribution < 1.29 is 14.7 Å². The van der Waals surface area contributed by atoms with E-state index in [1.807, 2.05) is 0 Å². The molecule has 0 bridgehead atoms. The van der Waals surface area contributed by atoms with Crippen molar-refractivity contribution in [2.75, 3.05) is 27.2 Å². The molecule has 1 aromatic rings. The van der Waals surface area contributed by atoms with Gasteiger partial charge in [-0.1, -0.05) is 0 Å². The maximum atomic E-state index is 11.6. The lowest BCUT2D eigenvalue weighted by Crippen LogP contribution is -2.39. The third-order valence-electron chi connectivity index (χ3n) is 2.08. The molecule has 0 fully saturated rings. The summed E-state index contributed by atoms with van der Waals surface area (Å²) in [6.07, 6.45) is 2.60. The van der Waals surface area contributed by atoms with E-state index in [4.69, 9.17) is 5.11 Å². The molecule has 7 heteroatoms. The van der Waals surface area contributed by atoms with Gasteiger partial charge in [-0.15, -0.1) is 0 Å². The fourth-order valence-electron chi connectivity index (χ4n) is 1.16. The standard InChI is InChI=1S/C11H16N4O3/c1-15(2)11(18)14-4-3-13-10(17)8-5-9(16)7-12-6-8/h5-7,16H,3-4H2,1-2H3,(H,13,17)(H,14,18). The molecule has 0 atom stereocenters. The highest BCUT2D eigenvalue weighted by atomic mass is 16.3. The SMILES string of the molecule is CN(C)C(=O)NCCNC(=O)c1cncc(O)c1. The number of carbonyl (C=O) groups excluding carboxylic acids is 2. The third kappa shape index (κ3) is 4.28. The van der Waals surface area contributed by atoms with Crippen LogP contribution in [0.25, 0.3) is 0 Å². The Hall–Kier alpha value is -2.31. The van der Waals surface area contributed by atoms with Crippen LogP contribution in [-0.2, 0) is 0 Å². The minimum Gasteiger partial charge on any atom is -0.506 e. The fourth-order valence-corrected chi connectivity index (χ4v) is 1.16. The summed E-state index contributed by atoms with van der Waals surface area (Å²) in [7, 11) is 3.26. The maximum absolute atomic E-state index is 11.6. The van der Waals surface area contributed by atoms with Gasteiger partial charge in [-0.3, -0.25) is 9.78 Å². The Bertz CT molecular complexity index is 434. The molecule has 18 heavy (non-hydrogen) atoms. The molecule has 0 aromatic carbocycles. The monoisotopic (exact) mass is 252 g/mol. The second-order valence-corrected chi connectivity index (χ2v) is 3.81. The molecule has 1 heterocycles. The summed E-state index contributed by atoms with van der Waals surface area (Å²) in [5, 5.41) is 14.4. The van der Waals surface area contributed by atoms with Crippen LogP contribution >= 0.6 is 0 Å². The van der Waals surface area contributed by atoms with Crippen LogP contribution in [-0.4, -0.2) is 54.1 Å². The van der Waals surface area contributed by atoms with Gasteiger partial charge in [0, 0.05) is 33.4 Å². The first-order chi connectivity index (χ1) is 8.50. The van der Waals surface area contributed by atoms with Crippen LogP contribution in [0.3, 0.4) is 0 Å². The highest BCUT2D eigenvalue weighted by molar-refractivity contribution is 5.94. The van der Waals surface area contributed by atoms with Crippen LogP contribution in [0.4, 0.5) is 4.79 Å². The molecule has 3 amide bonds. The molecule has 1 rings (SSSR count). The summed E-state index contributed by atoms with van der Waals surface area (Å²) in [5.41, 5.74) is 0.272. The van der Waals surface area contributed by atoms with Gasteiger partial charge < -0.3 is 20.6 Å². The van der Waals surface area contributed by atoms with Crippen LogP contribution in [0.5, 0.6) is 5.75 Å². The normalized spacial score (nSPS) is 9.67. The Kier molecular flexibility index (Phi) is 4.91. The molecule has 7 nitrogen and oxygen atoms in total. The lowest BCUT2D eigenvalue weighted by molar-refractivity contribution is 0.0953. The van der Waals surface area contributed by atoms with E-state index in [1.165, 1.54) is 23.4 Å². The molecule has 0 aliphatic rings. The number of pyridine rings is 1. The van der Waals surface area contributed by atoms with Gasteiger partial charge in [-0.25, -0.2) is 4.79 Å². The molecule has 98 valence electrons. The topological polar surface area (TPSA) is 94.6 Å². The molecule has 0 saturated carbocycles. The molecular formula is C11H16N4O3. The minimum absolute atomic E-state index is 0.0661. The maximum Gasteiger partial charge on any atom is 0.316 e. The second kappa shape index (κ2) is 6.43. The molecule has 0 unspecified atom stereocenters. The molecule has 1 aromatic heterocycles. The van der Waals surface area contributed by atoms with Crippen LogP contribution in [0.15, 0.2) is 18.5 Å². The Morgan fingerprint density at radius 3 is 2.56 bits per heavy atom. The van der Waals surface area contributed by atoms with E-state index in [1.54, 1.807) is 14.1 Å². The quantitative estimate of drug-likeness (QED) is 0.646. The van der Waals surface area contributed by atoms with Crippen LogP contribution in [0, 0.1) is 0 Å². The van der Waals surface area contributed by atoms with Gasteiger partial charge in [0.15, 0.2) is 0 Å². The number of nitrogens with one attached hydrogen (secondary N) is 2. The Labute approximate surface area is 105 Å². The lowest BCUT2D eigenvalue weighted by atomic mass is 10.2. The minimum atomic E-state index is -0.350. The Morgan fingerprint density at radius 1 is 1.28 bits per heavy atom. The second-order valence-electron chi connectivity index (χ2n) is 3.81. The molecule has 0 spiro atoms. The van der Waals surface area contributed by atoms with Crippen LogP contribution in [0.1, 0.15) is 10.4 Å². The third-order valence-corrected chi connectivity index (χ3v) is 2.08. The first-order valence-corrected chi connectivity index (χ1v) is 5.38. The number of amides is 3. The van der Waals surface area contributed by atoms with Gasteiger partial charge in [-0.05, 0) is 6.07 Å². The van der Waals surface area contributed by atoms with Crippen LogP contribution < -0.4 is 10.6 Å². The highest BCUT2D eigenvalue weighted by Crippen LogP contribution is 2.07. The number of carbonyl (C=O) groups is 2. The van der Waals surface area contributed by atoms with Crippen molar-refractivity contribution in [3.05, 3.63) is 24.0 Å². The number of nitrogens with zero attached hydrogens (tertiary/aromatic N) is 2. The summed E-state index contributed by atoms with van der Waals surface area (Å²) in [5.74, 6) is -0.416. The number of aromatic nitrogens is 1. The van der Waals surface area contributed by atoms with Gasteiger partial charge in [0.25, 0.3) is 5.91 Å². The van der Waals surface area contributed by atoms with E-state index in [-0.39, 0.29) is 23.3 Å². The molecule has 0 aliphatic heterocycles. The van der Waals surface area contributed by atoms with Crippen LogP contribution in [0.2, 0.25) is 0 Å². The zero-order chi connectivity index (χ0) is 13.5. The highest BCUT2D eigenvalue weighted by Gasteiger charge is 2.06. The van der Waals surface area contributed by atoms with E-state index in [0.717, 1.165) is 0 Å². The zero-order valence-electron chi connectivity index (χ0n) is 10.3. The largest absolute Gasteiger partial charge is 0.506 e. The molecule has 0 radical (unpaired) electrons. The number of rotatable bonds is 4. The van der Waals surface area contributed by atoms with Gasteiger partial charge in [0.1, 0.15) is 5.75 Å². The predicted molar refractivity (Wildman–Crippen MR) is 65.3 cm³/mol. The average molecular weight is 252 g/mol. The smallest absolute Gasteiger partial charge is 0.316 e. The van der Waals surface area contributed by atoms with E-state index in [9.17, 15) is 9.59 Å². The van der Waals surface area contributed by atoms with Gasteiger partial charge >= 0.3 is 6.03 Å². The van der Waals surface area contributed by atoms with Crippen molar-refractivity contribution in [1.29, 1.82) is 0 Å². The predicted octanol–water partition coefficient (Wildman–Crippen LogP) is -0.212. The van der Waals surface area contributed by atoms with Gasteiger partial charge in [0.2, 0.25) is 0 Å². The Morgan fingerprint density at radius 2 is 1.94 bits per heavy atom. The summed E-state index contributed by atoms with van der Waals surface area (Å²) in [4.78, 5) is 27.9. The summed E-state index contributed by atoms with van der Waals surface area (Å²) in [6, 6.07) is 1.10. The van der Waals surface area contributed by atoms with Gasteiger partial charge in [-0.2, -0.15) is 0 Å². The summed E-state index contributed by atoms with van der Waals surface area (Å²) in [6.45, 7) is 0.628. The summed E-state index contributed by atoms with van der Waals surface area (Å²) >= 11 is 0. The number of hydrogen-bond donors (Lipinski definition) is 3. The van der Waals surface area contributed by atoms with Crippen molar-refractivity contribution in [2.24, 2.45) is 0 Å². The Balaban J connectivity index is 2.32. The van der Waals surface area contributed by atoms with Crippen molar-refractivity contribution >= 4 is 11.9 Å². The van der Waals surface area contributed by atoms with Crippen molar-refractivity contribution in [2.45, 2.75) is 0 Å². The zero-order valence-corrected chi connectivity index (χ0v) is 10.3. The summed E-state index contributed by atoms with van der Waals surface area (Å²) < 4.78 is 0. The number of urea groups is 1. The van der Waals surface area contributed by atoms with Crippen molar-refractivity contribution in [1.82, 2.24) is 20.5 Å². The van der Waals surface area contributed by atoms with E-state index in [2.05, 4.69) is 15.6 Å². The van der Waals surface area contributed by atoms with E-state index >= 15 is 0 Å². The van der Waals surface area contributed by atoms with E-state index < -0.39 is 0 Å². The molecular weight excluding hydrogens is 236 g/mol. The number of aromatic hydroxyl groups is 1. The number of hydrogen-bond acceptors (Lipinski definition) is 4. The van der Waals surface area contributed by atoms with Gasteiger partial charge in [0.05, 0.1) is 11.8 Å². The first-order valence-electron chi connectivity index (χ1n) is 5.38. The molecule has 0 saturated heterocycles. The fraction of sp³-hybridized carbons (Fsp3) is 0.364. The molecule has 0 aliphatic carbocycles. The van der Waals surface area contributed by atoms with E-state index in [0.29, 0.717) is 13.1 Å². The van der Waals surface area contributed by atoms with Crippen molar-refractivity contribution in [3.8, 4) is 5.75 Å². The first kappa shape index (κ1) is 13.8.